The van der Waals surface area contributed by atoms with E-state index in [4.69, 9.17) is 4.74 Å². The van der Waals surface area contributed by atoms with Gasteiger partial charge in [0.2, 0.25) is 0 Å². The van der Waals surface area contributed by atoms with Crippen LogP contribution in [0, 0.1) is 0 Å². The first-order chi connectivity index (χ1) is 10.9. The Labute approximate surface area is 137 Å². The molecule has 1 amide bonds. The van der Waals surface area contributed by atoms with E-state index in [1.165, 1.54) is 0 Å². The number of anilines is 1. The van der Waals surface area contributed by atoms with Gasteiger partial charge in [0.15, 0.2) is 0 Å². The molecule has 1 aliphatic heterocycles. The number of benzene rings is 1. The van der Waals surface area contributed by atoms with E-state index in [1.54, 1.807) is 29.2 Å². The maximum Gasteiger partial charge on any atom is 0.299 e. The van der Waals surface area contributed by atoms with Gasteiger partial charge in [-0.1, -0.05) is 6.92 Å². The van der Waals surface area contributed by atoms with Crippen LogP contribution in [0.15, 0.2) is 24.3 Å². The van der Waals surface area contributed by atoms with Gasteiger partial charge in [-0.2, -0.15) is 13.1 Å². The zero-order valence-electron chi connectivity index (χ0n) is 13.4. The van der Waals surface area contributed by atoms with Crippen molar-refractivity contribution >= 4 is 21.8 Å². The van der Waals surface area contributed by atoms with E-state index in [0.29, 0.717) is 43.9 Å². The summed E-state index contributed by atoms with van der Waals surface area (Å²) in [5.74, 6) is -0.0707. The summed E-state index contributed by atoms with van der Waals surface area (Å²) in [6.45, 7) is 5.86. The van der Waals surface area contributed by atoms with Gasteiger partial charge in [0, 0.05) is 30.9 Å². The molecule has 0 saturated carbocycles. The van der Waals surface area contributed by atoms with E-state index in [0.717, 1.165) is 0 Å². The van der Waals surface area contributed by atoms with Crippen LogP contribution in [-0.2, 0) is 14.9 Å². The van der Waals surface area contributed by atoms with Gasteiger partial charge in [0.1, 0.15) is 0 Å². The van der Waals surface area contributed by atoms with Crippen LogP contribution in [0.5, 0.6) is 0 Å². The Hall–Kier alpha value is -1.64. The summed E-state index contributed by atoms with van der Waals surface area (Å²) in [4.78, 5) is 14.1. The highest BCUT2D eigenvalue weighted by Crippen LogP contribution is 2.14. The molecule has 2 N–H and O–H groups in total. The molecule has 1 unspecified atom stereocenters. The summed E-state index contributed by atoms with van der Waals surface area (Å²) in [5.41, 5.74) is 0.948. The molecule has 1 fully saturated rings. The molecule has 0 aromatic heterocycles. The fraction of sp³-hybridized carbons (Fsp3) is 0.533. The summed E-state index contributed by atoms with van der Waals surface area (Å²) in [6.07, 6.45) is 0.746. The molecule has 7 nitrogen and oxygen atoms in total. The number of amides is 1. The highest BCUT2D eigenvalue weighted by atomic mass is 32.2. The Kier molecular flexibility index (Phi) is 5.97. The SMILES string of the molecule is CCCNS(=O)(=O)Nc1ccc(C(=O)N2CCOC(C)C2)cc1. The summed E-state index contributed by atoms with van der Waals surface area (Å²) in [7, 11) is -3.57. The first-order valence-electron chi connectivity index (χ1n) is 7.69. The van der Waals surface area contributed by atoms with E-state index < -0.39 is 10.2 Å². The number of nitrogens with zero attached hydrogens (tertiary/aromatic N) is 1. The van der Waals surface area contributed by atoms with E-state index >= 15 is 0 Å². The zero-order valence-corrected chi connectivity index (χ0v) is 14.2. The number of nitrogens with one attached hydrogen (secondary N) is 2. The van der Waals surface area contributed by atoms with E-state index in [1.807, 2.05) is 13.8 Å². The maximum absolute atomic E-state index is 12.4. The average Bonchev–Trinajstić information content (AvgIpc) is 2.53. The second kappa shape index (κ2) is 7.76. The standard InChI is InChI=1S/C15H23N3O4S/c1-3-8-16-23(20,21)17-14-6-4-13(5-7-14)15(19)18-9-10-22-12(2)11-18/h4-7,12,16-17H,3,8-11H2,1-2H3. The Balaban J connectivity index is 2.00. The van der Waals surface area contributed by atoms with Gasteiger partial charge in [0.05, 0.1) is 12.7 Å². The van der Waals surface area contributed by atoms with Gasteiger partial charge in [-0.15, -0.1) is 0 Å². The van der Waals surface area contributed by atoms with Gasteiger partial charge in [-0.05, 0) is 37.6 Å². The molecular weight excluding hydrogens is 318 g/mol. The van der Waals surface area contributed by atoms with Gasteiger partial charge in [0.25, 0.3) is 16.1 Å². The maximum atomic E-state index is 12.4. The Morgan fingerprint density at radius 1 is 1.35 bits per heavy atom. The minimum atomic E-state index is -3.57. The molecule has 128 valence electrons. The first-order valence-corrected chi connectivity index (χ1v) is 9.18. The zero-order chi connectivity index (χ0) is 16.9. The van der Waals surface area contributed by atoms with Crippen molar-refractivity contribution < 1.29 is 17.9 Å². The summed E-state index contributed by atoms with van der Waals surface area (Å²) in [5, 5.41) is 0. The van der Waals surface area contributed by atoms with Crippen LogP contribution in [0.25, 0.3) is 0 Å². The summed E-state index contributed by atoms with van der Waals surface area (Å²) < 4.78 is 33.8. The minimum Gasteiger partial charge on any atom is -0.375 e. The van der Waals surface area contributed by atoms with Crippen molar-refractivity contribution in [2.75, 3.05) is 31.0 Å². The molecule has 23 heavy (non-hydrogen) atoms. The lowest BCUT2D eigenvalue weighted by Gasteiger charge is -2.31. The van der Waals surface area contributed by atoms with E-state index in [9.17, 15) is 13.2 Å². The largest absolute Gasteiger partial charge is 0.375 e. The van der Waals surface area contributed by atoms with Crippen molar-refractivity contribution in [1.82, 2.24) is 9.62 Å². The number of carbonyl (C=O) groups is 1. The normalized spacial score (nSPS) is 18.7. The van der Waals surface area contributed by atoms with Crippen LogP contribution < -0.4 is 9.44 Å². The van der Waals surface area contributed by atoms with Crippen LogP contribution in [0.2, 0.25) is 0 Å². The molecule has 0 bridgehead atoms. The van der Waals surface area contributed by atoms with E-state index in [-0.39, 0.29) is 12.0 Å². The Bertz CT molecular complexity index is 631. The predicted molar refractivity (Wildman–Crippen MR) is 88.6 cm³/mol. The lowest BCUT2D eigenvalue weighted by atomic mass is 10.1. The van der Waals surface area contributed by atoms with Crippen LogP contribution >= 0.6 is 0 Å². The van der Waals surface area contributed by atoms with E-state index in [2.05, 4.69) is 9.44 Å². The first kappa shape index (κ1) is 17.7. The molecule has 1 atom stereocenters. The van der Waals surface area contributed by atoms with Crippen molar-refractivity contribution in [2.45, 2.75) is 26.4 Å². The van der Waals surface area contributed by atoms with Crippen molar-refractivity contribution in [3.8, 4) is 0 Å². The summed E-state index contributed by atoms with van der Waals surface area (Å²) >= 11 is 0. The third-order valence-electron chi connectivity index (χ3n) is 3.45. The topological polar surface area (TPSA) is 87.7 Å². The molecule has 1 aromatic carbocycles. The average molecular weight is 341 g/mol. The quantitative estimate of drug-likeness (QED) is 0.814. The third kappa shape index (κ3) is 5.19. The van der Waals surface area contributed by atoms with Crippen LogP contribution in [0.3, 0.4) is 0 Å². The molecule has 8 heteroatoms. The van der Waals surface area contributed by atoms with Crippen molar-refractivity contribution in [1.29, 1.82) is 0 Å². The van der Waals surface area contributed by atoms with Crippen LogP contribution in [0.1, 0.15) is 30.6 Å². The highest BCUT2D eigenvalue weighted by molar-refractivity contribution is 7.90. The van der Waals surface area contributed by atoms with Gasteiger partial charge in [-0.3, -0.25) is 9.52 Å². The Morgan fingerprint density at radius 3 is 2.65 bits per heavy atom. The predicted octanol–water partition coefficient (Wildman–Crippen LogP) is 1.20. The summed E-state index contributed by atoms with van der Waals surface area (Å²) in [6, 6.07) is 6.42. The fourth-order valence-corrected chi connectivity index (χ4v) is 3.29. The molecule has 2 rings (SSSR count). The minimum absolute atomic E-state index is 0.0309. The van der Waals surface area contributed by atoms with Crippen molar-refractivity contribution in [3.63, 3.8) is 0 Å². The molecule has 0 spiro atoms. The second-order valence-electron chi connectivity index (χ2n) is 5.51. The Morgan fingerprint density at radius 2 is 2.04 bits per heavy atom. The highest BCUT2D eigenvalue weighted by Gasteiger charge is 2.22. The molecule has 1 aromatic rings. The second-order valence-corrected chi connectivity index (χ2v) is 7.01. The van der Waals surface area contributed by atoms with Crippen molar-refractivity contribution in [3.05, 3.63) is 29.8 Å². The number of ether oxygens (including phenoxy) is 1. The number of morpholine rings is 1. The van der Waals surface area contributed by atoms with Crippen molar-refractivity contribution in [2.24, 2.45) is 0 Å². The fourth-order valence-electron chi connectivity index (χ4n) is 2.29. The van der Waals surface area contributed by atoms with Gasteiger partial charge in [-0.25, -0.2) is 0 Å². The molecular formula is C15H23N3O4S. The van der Waals surface area contributed by atoms with Gasteiger partial charge >= 0.3 is 0 Å². The van der Waals surface area contributed by atoms with Crippen LogP contribution in [-0.4, -0.2) is 51.6 Å². The molecule has 0 radical (unpaired) electrons. The number of carbonyl (C=O) groups excluding carboxylic acids is 1. The molecule has 0 aliphatic carbocycles. The van der Waals surface area contributed by atoms with Crippen LogP contribution in [0.4, 0.5) is 5.69 Å². The molecule has 1 saturated heterocycles. The number of hydrogen-bond donors (Lipinski definition) is 2. The smallest absolute Gasteiger partial charge is 0.299 e. The lowest BCUT2D eigenvalue weighted by Crippen LogP contribution is -2.44. The third-order valence-corrected chi connectivity index (χ3v) is 4.54. The molecule has 1 aliphatic rings. The van der Waals surface area contributed by atoms with Gasteiger partial charge < -0.3 is 9.64 Å². The number of rotatable bonds is 6. The number of hydrogen-bond acceptors (Lipinski definition) is 4. The molecule has 1 heterocycles. The lowest BCUT2D eigenvalue weighted by molar-refractivity contribution is -0.0124. The monoisotopic (exact) mass is 341 g/mol.